The van der Waals surface area contributed by atoms with Gasteiger partial charge >= 0.3 is 0 Å². The summed E-state index contributed by atoms with van der Waals surface area (Å²) in [6.07, 6.45) is 8.11. The standard InChI is InChI=1S/C8H11Cl2N/c9-4-6-11-5-2-1-3-8(11)7-10/h1-3,5,8H,4,6-7H2. The first kappa shape index (κ1) is 8.95. The van der Waals surface area contributed by atoms with Gasteiger partial charge in [-0.1, -0.05) is 12.2 Å². The van der Waals surface area contributed by atoms with Gasteiger partial charge in [0.25, 0.3) is 0 Å². The molecule has 0 bridgehead atoms. The first-order valence-corrected chi connectivity index (χ1v) is 4.68. The average molecular weight is 192 g/mol. The Balaban J connectivity index is 2.48. The molecule has 0 aliphatic carbocycles. The van der Waals surface area contributed by atoms with Crippen molar-refractivity contribution >= 4 is 23.2 Å². The molecule has 3 heteroatoms. The second kappa shape index (κ2) is 4.68. The predicted molar refractivity (Wildman–Crippen MR) is 50.2 cm³/mol. The molecular formula is C8H11Cl2N. The van der Waals surface area contributed by atoms with Gasteiger partial charge in [-0.05, 0) is 12.3 Å². The zero-order valence-electron chi connectivity index (χ0n) is 6.21. The van der Waals surface area contributed by atoms with Crippen molar-refractivity contribution in [2.75, 3.05) is 18.3 Å². The Morgan fingerprint density at radius 1 is 1.27 bits per heavy atom. The zero-order valence-corrected chi connectivity index (χ0v) is 7.72. The van der Waals surface area contributed by atoms with Gasteiger partial charge in [-0.2, -0.15) is 0 Å². The van der Waals surface area contributed by atoms with E-state index in [1.807, 2.05) is 18.4 Å². The highest BCUT2D eigenvalue weighted by Crippen LogP contribution is 2.09. The molecule has 1 rings (SSSR count). The largest absolute Gasteiger partial charge is 0.369 e. The molecule has 0 saturated carbocycles. The summed E-state index contributed by atoms with van der Waals surface area (Å²) in [5, 5.41) is 0. The van der Waals surface area contributed by atoms with E-state index in [0.717, 1.165) is 6.54 Å². The Labute approximate surface area is 77.3 Å². The van der Waals surface area contributed by atoms with Gasteiger partial charge in [0, 0.05) is 18.3 Å². The molecule has 0 aromatic heterocycles. The average Bonchev–Trinajstić information content (AvgIpc) is 2.06. The number of hydrogen-bond acceptors (Lipinski definition) is 1. The molecule has 1 nitrogen and oxygen atoms in total. The van der Waals surface area contributed by atoms with Gasteiger partial charge in [0.15, 0.2) is 0 Å². The van der Waals surface area contributed by atoms with E-state index in [-0.39, 0.29) is 0 Å². The molecule has 11 heavy (non-hydrogen) atoms. The number of rotatable bonds is 3. The van der Waals surface area contributed by atoms with Crippen molar-refractivity contribution in [3.63, 3.8) is 0 Å². The third kappa shape index (κ3) is 2.42. The van der Waals surface area contributed by atoms with Crippen LogP contribution < -0.4 is 0 Å². The fraction of sp³-hybridized carbons (Fsp3) is 0.500. The third-order valence-corrected chi connectivity index (χ3v) is 2.13. The van der Waals surface area contributed by atoms with Gasteiger partial charge in [-0.25, -0.2) is 0 Å². The lowest BCUT2D eigenvalue weighted by Gasteiger charge is -2.27. The molecule has 0 saturated heterocycles. The molecule has 0 aromatic rings. The molecule has 0 spiro atoms. The summed E-state index contributed by atoms with van der Waals surface area (Å²) >= 11 is 11.4. The van der Waals surface area contributed by atoms with Gasteiger partial charge in [0.05, 0.1) is 6.04 Å². The van der Waals surface area contributed by atoms with E-state index >= 15 is 0 Å². The van der Waals surface area contributed by atoms with Crippen LogP contribution in [0.4, 0.5) is 0 Å². The minimum absolute atomic E-state index is 0.320. The van der Waals surface area contributed by atoms with Crippen LogP contribution in [0.1, 0.15) is 0 Å². The molecule has 0 amide bonds. The van der Waals surface area contributed by atoms with Gasteiger partial charge in [-0.15, -0.1) is 23.2 Å². The van der Waals surface area contributed by atoms with Crippen LogP contribution in [0.3, 0.4) is 0 Å². The van der Waals surface area contributed by atoms with E-state index in [2.05, 4.69) is 11.0 Å². The third-order valence-electron chi connectivity index (χ3n) is 1.65. The van der Waals surface area contributed by atoms with Gasteiger partial charge in [-0.3, -0.25) is 0 Å². The van der Waals surface area contributed by atoms with Crippen LogP contribution >= 0.6 is 23.2 Å². The second-order valence-electron chi connectivity index (χ2n) is 2.37. The minimum Gasteiger partial charge on any atom is -0.369 e. The van der Waals surface area contributed by atoms with Crippen LogP contribution in [-0.4, -0.2) is 29.2 Å². The summed E-state index contributed by atoms with van der Waals surface area (Å²) in [6.45, 7) is 0.861. The Hall–Kier alpha value is -0.140. The molecule has 0 radical (unpaired) electrons. The lowest BCUT2D eigenvalue weighted by Crippen LogP contribution is -2.33. The number of hydrogen-bond donors (Lipinski definition) is 0. The molecule has 1 unspecified atom stereocenters. The first-order valence-electron chi connectivity index (χ1n) is 3.61. The Morgan fingerprint density at radius 3 is 2.73 bits per heavy atom. The molecule has 1 aliphatic heterocycles. The summed E-state index contributed by atoms with van der Waals surface area (Å²) < 4.78 is 0. The molecule has 1 heterocycles. The van der Waals surface area contributed by atoms with Crippen molar-refractivity contribution in [1.29, 1.82) is 0 Å². The molecule has 1 aliphatic rings. The molecule has 62 valence electrons. The van der Waals surface area contributed by atoms with Crippen molar-refractivity contribution in [2.24, 2.45) is 0 Å². The van der Waals surface area contributed by atoms with Crippen molar-refractivity contribution in [2.45, 2.75) is 6.04 Å². The molecular weight excluding hydrogens is 181 g/mol. The zero-order chi connectivity index (χ0) is 8.10. The SMILES string of the molecule is ClCCN1C=CC=CC1CCl. The van der Waals surface area contributed by atoms with E-state index in [4.69, 9.17) is 23.2 Å². The number of nitrogens with zero attached hydrogens (tertiary/aromatic N) is 1. The summed E-state index contributed by atoms with van der Waals surface area (Å²) in [4.78, 5) is 2.14. The van der Waals surface area contributed by atoms with Crippen LogP contribution in [0, 0.1) is 0 Å². The van der Waals surface area contributed by atoms with E-state index in [1.54, 1.807) is 0 Å². The molecule has 1 atom stereocenters. The van der Waals surface area contributed by atoms with Gasteiger partial charge < -0.3 is 4.90 Å². The Morgan fingerprint density at radius 2 is 2.09 bits per heavy atom. The number of allylic oxidation sites excluding steroid dienone is 2. The summed E-state index contributed by atoms with van der Waals surface area (Å²) in [5.41, 5.74) is 0. The highest BCUT2D eigenvalue weighted by molar-refractivity contribution is 6.18. The van der Waals surface area contributed by atoms with Crippen LogP contribution in [0.15, 0.2) is 24.4 Å². The quantitative estimate of drug-likeness (QED) is 0.619. The van der Waals surface area contributed by atoms with E-state index in [0.29, 0.717) is 17.8 Å². The van der Waals surface area contributed by atoms with Crippen LogP contribution in [0.25, 0.3) is 0 Å². The maximum absolute atomic E-state index is 5.74. The molecule has 0 fully saturated rings. The summed E-state index contributed by atoms with van der Waals surface area (Å²) in [6, 6.07) is 0.320. The van der Waals surface area contributed by atoms with E-state index < -0.39 is 0 Å². The van der Waals surface area contributed by atoms with E-state index in [9.17, 15) is 0 Å². The fourth-order valence-corrected chi connectivity index (χ4v) is 1.53. The molecule has 0 aromatic carbocycles. The molecule has 0 N–H and O–H groups in total. The number of halogens is 2. The Kier molecular flexibility index (Phi) is 3.81. The topological polar surface area (TPSA) is 3.24 Å². The van der Waals surface area contributed by atoms with Crippen LogP contribution in [0.2, 0.25) is 0 Å². The maximum atomic E-state index is 5.74. The normalized spacial score (nSPS) is 22.7. The van der Waals surface area contributed by atoms with Crippen LogP contribution in [-0.2, 0) is 0 Å². The Bertz CT molecular complexity index is 165. The lowest BCUT2D eigenvalue weighted by atomic mass is 10.2. The van der Waals surface area contributed by atoms with Crippen LogP contribution in [0.5, 0.6) is 0 Å². The summed E-state index contributed by atoms with van der Waals surface area (Å²) in [5.74, 6) is 1.27. The predicted octanol–water partition coefficient (Wildman–Crippen LogP) is 2.22. The van der Waals surface area contributed by atoms with E-state index in [1.165, 1.54) is 0 Å². The highest BCUT2D eigenvalue weighted by Gasteiger charge is 2.11. The van der Waals surface area contributed by atoms with Crippen molar-refractivity contribution < 1.29 is 0 Å². The fourth-order valence-electron chi connectivity index (χ4n) is 1.05. The van der Waals surface area contributed by atoms with Crippen molar-refractivity contribution in [1.82, 2.24) is 4.90 Å². The monoisotopic (exact) mass is 191 g/mol. The smallest absolute Gasteiger partial charge is 0.0606 e. The lowest BCUT2D eigenvalue weighted by molar-refractivity contribution is 0.355. The minimum atomic E-state index is 0.320. The van der Waals surface area contributed by atoms with Gasteiger partial charge in [0.1, 0.15) is 0 Å². The number of alkyl halides is 2. The van der Waals surface area contributed by atoms with Crippen molar-refractivity contribution in [3.8, 4) is 0 Å². The van der Waals surface area contributed by atoms with Crippen molar-refractivity contribution in [3.05, 3.63) is 24.4 Å². The summed E-state index contributed by atoms with van der Waals surface area (Å²) in [7, 11) is 0. The van der Waals surface area contributed by atoms with Gasteiger partial charge in [0.2, 0.25) is 0 Å². The first-order chi connectivity index (χ1) is 5.38. The second-order valence-corrected chi connectivity index (χ2v) is 3.06. The maximum Gasteiger partial charge on any atom is 0.0606 e. The highest BCUT2D eigenvalue weighted by atomic mass is 35.5.